The van der Waals surface area contributed by atoms with Gasteiger partial charge in [-0.05, 0) is 68.5 Å². The third kappa shape index (κ3) is 5.04. The number of benzene rings is 1. The monoisotopic (exact) mass is 432 g/mol. The van der Waals surface area contributed by atoms with Crippen LogP contribution in [-0.2, 0) is 11.2 Å². The van der Waals surface area contributed by atoms with Crippen molar-refractivity contribution in [2.45, 2.75) is 52.6 Å². The first-order valence-electron chi connectivity index (χ1n) is 11.4. The van der Waals surface area contributed by atoms with Gasteiger partial charge in [0.2, 0.25) is 0 Å². The van der Waals surface area contributed by atoms with E-state index in [-0.39, 0.29) is 6.09 Å². The zero-order valence-corrected chi connectivity index (χ0v) is 19.5. The predicted octanol–water partition coefficient (Wildman–Crippen LogP) is 6.04. The highest BCUT2D eigenvalue weighted by molar-refractivity contribution is 5.86. The van der Waals surface area contributed by atoms with Crippen molar-refractivity contribution in [2.75, 3.05) is 19.7 Å². The van der Waals surface area contributed by atoms with Gasteiger partial charge in [-0.2, -0.15) is 0 Å². The van der Waals surface area contributed by atoms with Gasteiger partial charge in [-0.25, -0.2) is 4.79 Å². The minimum absolute atomic E-state index is 0.246. The summed E-state index contributed by atoms with van der Waals surface area (Å²) < 4.78 is 11.2. The largest absolute Gasteiger partial charge is 0.494 e. The molecular formula is C27H32N2O3. The molecule has 0 saturated carbocycles. The first-order chi connectivity index (χ1) is 15.3. The summed E-state index contributed by atoms with van der Waals surface area (Å²) in [5.74, 6) is 0.896. The maximum Gasteiger partial charge on any atom is 0.410 e. The Labute approximate surface area is 190 Å². The average Bonchev–Trinajstić information content (AvgIpc) is 3.20. The molecule has 0 bridgehead atoms. The van der Waals surface area contributed by atoms with Gasteiger partial charge in [0, 0.05) is 36.8 Å². The summed E-state index contributed by atoms with van der Waals surface area (Å²) >= 11 is 0. The number of fused-ring (bicyclic) bond motifs is 1. The first-order valence-corrected chi connectivity index (χ1v) is 11.4. The number of pyridine rings is 1. The fourth-order valence-corrected chi connectivity index (χ4v) is 4.03. The maximum absolute atomic E-state index is 12.4. The summed E-state index contributed by atoms with van der Waals surface area (Å²) in [5.41, 5.74) is 6.60. The number of ether oxygens (including phenoxy) is 2. The van der Waals surface area contributed by atoms with E-state index in [1.54, 1.807) is 4.90 Å². The molecule has 2 aromatic rings. The molecule has 0 unspecified atom stereocenters. The summed E-state index contributed by atoms with van der Waals surface area (Å²) in [6.07, 6.45) is 8.79. The highest BCUT2D eigenvalue weighted by Crippen LogP contribution is 2.37. The molecule has 2 aliphatic rings. The van der Waals surface area contributed by atoms with Crippen LogP contribution in [0.25, 0.3) is 16.7 Å². The molecule has 168 valence electrons. The summed E-state index contributed by atoms with van der Waals surface area (Å²) in [5, 5.41) is 0. The normalized spacial score (nSPS) is 15.7. The van der Waals surface area contributed by atoms with Gasteiger partial charge < -0.3 is 14.4 Å². The van der Waals surface area contributed by atoms with Gasteiger partial charge in [0.05, 0.1) is 12.3 Å². The molecule has 0 atom stereocenters. The zero-order valence-electron chi connectivity index (χ0n) is 19.5. The van der Waals surface area contributed by atoms with E-state index in [0.29, 0.717) is 13.1 Å². The van der Waals surface area contributed by atoms with Gasteiger partial charge in [0.1, 0.15) is 11.4 Å². The first kappa shape index (κ1) is 22.1. The smallest absolute Gasteiger partial charge is 0.410 e. The van der Waals surface area contributed by atoms with Crippen LogP contribution >= 0.6 is 0 Å². The van der Waals surface area contributed by atoms with Crippen LogP contribution in [0.2, 0.25) is 0 Å². The van der Waals surface area contributed by atoms with Crippen LogP contribution in [-0.4, -0.2) is 41.3 Å². The number of amides is 1. The molecule has 1 aromatic carbocycles. The maximum atomic E-state index is 12.4. The third-order valence-electron chi connectivity index (χ3n) is 5.63. The molecule has 2 heterocycles. The third-order valence-corrected chi connectivity index (χ3v) is 5.63. The Hall–Kier alpha value is -3.08. The van der Waals surface area contributed by atoms with E-state index < -0.39 is 5.60 Å². The summed E-state index contributed by atoms with van der Waals surface area (Å²) in [4.78, 5) is 18.9. The number of hydrogen-bond donors (Lipinski definition) is 0. The predicted molar refractivity (Wildman–Crippen MR) is 128 cm³/mol. The molecule has 4 rings (SSSR count). The van der Waals surface area contributed by atoms with Crippen molar-refractivity contribution in [3.63, 3.8) is 0 Å². The van der Waals surface area contributed by atoms with E-state index in [1.807, 2.05) is 39.1 Å². The lowest BCUT2D eigenvalue weighted by Crippen LogP contribution is -2.39. The highest BCUT2D eigenvalue weighted by Gasteiger charge is 2.26. The Morgan fingerprint density at radius 3 is 2.56 bits per heavy atom. The number of carbonyl (C=O) groups excluding carboxylic acids is 1. The second kappa shape index (κ2) is 9.19. The Morgan fingerprint density at radius 1 is 1.12 bits per heavy atom. The molecule has 0 spiro atoms. The van der Waals surface area contributed by atoms with Gasteiger partial charge in [-0.3, -0.25) is 4.98 Å². The molecule has 5 heteroatoms. The quantitative estimate of drug-likeness (QED) is 0.578. The van der Waals surface area contributed by atoms with Crippen molar-refractivity contribution >= 4 is 11.7 Å². The van der Waals surface area contributed by atoms with Gasteiger partial charge in [-0.1, -0.05) is 31.2 Å². The van der Waals surface area contributed by atoms with Crippen molar-refractivity contribution in [3.8, 4) is 16.9 Å². The number of aromatic nitrogens is 1. The second-order valence-corrected chi connectivity index (χ2v) is 9.32. The number of rotatable bonds is 5. The van der Waals surface area contributed by atoms with Crippen molar-refractivity contribution in [3.05, 3.63) is 65.5 Å². The van der Waals surface area contributed by atoms with Crippen LogP contribution in [0.3, 0.4) is 0 Å². The van der Waals surface area contributed by atoms with Crippen LogP contribution in [0.15, 0.2) is 54.3 Å². The topological polar surface area (TPSA) is 51.7 Å². The Morgan fingerprint density at radius 2 is 1.91 bits per heavy atom. The Kier molecular flexibility index (Phi) is 6.35. The van der Waals surface area contributed by atoms with Crippen LogP contribution in [0.1, 0.15) is 51.8 Å². The minimum Gasteiger partial charge on any atom is -0.494 e. The van der Waals surface area contributed by atoms with Gasteiger partial charge in [0.25, 0.3) is 0 Å². The summed E-state index contributed by atoms with van der Waals surface area (Å²) in [6, 6.07) is 10.5. The second-order valence-electron chi connectivity index (χ2n) is 9.32. The number of hydrogen-bond acceptors (Lipinski definition) is 4. The average molecular weight is 433 g/mol. The van der Waals surface area contributed by atoms with Crippen molar-refractivity contribution < 1.29 is 14.3 Å². The number of nitrogens with zero attached hydrogens (tertiary/aromatic N) is 2. The van der Waals surface area contributed by atoms with E-state index in [4.69, 9.17) is 14.5 Å². The van der Waals surface area contributed by atoms with Crippen LogP contribution in [0.5, 0.6) is 5.75 Å². The Balaban J connectivity index is 1.49. The lowest BCUT2D eigenvalue weighted by Gasteiger charge is -2.30. The SMILES string of the molecule is CCCOc1ccc(-c2cnc3c(c2)C(C2=CCN(C(=O)OC(C)(C)C)CC2)=CC3)cc1. The molecular weight excluding hydrogens is 400 g/mol. The molecule has 1 amide bonds. The van der Waals surface area contributed by atoms with Crippen LogP contribution in [0.4, 0.5) is 4.79 Å². The van der Waals surface area contributed by atoms with E-state index in [0.717, 1.165) is 48.4 Å². The molecule has 32 heavy (non-hydrogen) atoms. The van der Waals surface area contributed by atoms with E-state index >= 15 is 0 Å². The lowest BCUT2D eigenvalue weighted by molar-refractivity contribution is 0.0267. The van der Waals surface area contributed by atoms with E-state index in [9.17, 15) is 4.79 Å². The molecule has 0 radical (unpaired) electrons. The molecule has 0 saturated heterocycles. The lowest BCUT2D eigenvalue weighted by atomic mass is 9.94. The van der Waals surface area contributed by atoms with Crippen molar-refractivity contribution in [1.29, 1.82) is 0 Å². The number of allylic oxidation sites excluding steroid dienone is 2. The van der Waals surface area contributed by atoms with E-state index in [2.05, 4.69) is 37.3 Å². The molecule has 0 fully saturated rings. The van der Waals surface area contributed by atoms with Crippen molar-refractivity contribution in [2.24, 2.45) is 0 Å². The highest BCUT2D eigenvalue weighted by atomic mass is 16.6. The fourth-order valence-electron chi connectivity index (χ4n) is 4.03. The molecule has 5 nitrogen and oxygen atoms in total. The Bertz CT molecular complexity index is 1050. The molecule has 1 aliphatic heterocycles. The number of carbonyl (C=O) groups is 1. The summed E-state index contributed by atoms with van der Waals surface area (Å²) in [6.45, 7) is 9.76. The van der Waals surface area contributed by atoms with E-state index in [1.165, 1.54) is 16.7 Å². The van der Waals surface area contributed by atoms with Crippen molar-refractivity contribution in [1.82, 2.24) is 9.88 Å². The van der Waals surface area contributed by atoms with Crippen LogP contribution < -0.4 is 4.74 Å². The molecule has 0 N–H and O–H groups in total. The molecule has 1 aliphatic carbocycles. The summed E-state index contributed by atoms with van der Waals surface area (Å²) in [7, 11) is 0. The zero-order chi connectivity index (χ0) is 22.7. The van der Waals surface area contributed by atoms with Gasteiger partial charge >= 0.3 is 6.09 Å². The van der Waals surface area contributed by atoms with Gasteiger partial charge in [-0.15, -0.1) is 0 Å². The van der Waals surface area contributed by atoms with Gasteiger partial charge in [0.15, 0.2) is 0 Å². The standard InChI is InChI=1S/C27H32N2O3/c1-5-16-31-22-8-6-19(7-9-22)21-17-24-23(10-11-25(24)28-18-21)20-12-14-29(15-13-20)26(30)32-27(2,3)4/h6-10,12,17-18H,5,11,13-16H2,1-4H3. The molecule has 1 aromatic heterocycles. The minimum atomic E-state index is -0.476. The van der Waals surface area contributed by atoms with Crippen LogP contribution in [0, 0.1) is 0 Å². The fraction of sp³-hybridized carbons (Fsp3) is 0.407.